The number of rotatable bonds is 9. The van der Waals surface area contributed by atoms with Gasteiger partial charge in [0, 0.05) is 0 Å². The highest BCUT2D eigenvalue weighted by Crippen LogP contribution is 2.25. The molecule has 2 aromatic carbocycles. The van der Waals surface area contributed by atoms with Crippen LogP contribution in [0.4, 0.5) is 0 Å². The van der Waals surface area contributed by atoms with Crippen molar-refractivity contribution < 1.29 is 18.9 Å². The molecule has 0 aliphatic heterocycles. The maximum absolute atomic E-state index is 5.73. The van der Waals surface area contributed by atoms with Crippen LogP contribution in [0.5, 0.6) is 17.2 Å². The molecule has 0 heterocycles. The molecule has 0 aliphatic carbocycles. The number of para-hydroxylation sites is 2. The van der Waals surface area contributed by atoms with Gasteiger partial charge in [-0.1, -0.05) is 24.3 Å². The predicted octanol–water partition coefficient (Wildman–Crippen LogP) is 3.79. The molecule has 0 bridgehead atoms. The SMILES string of the molecule is COc1ccccc1OCCOCCOc1cc(C)ccc1C. The summed E-state index contributed by atoms with van der Waals surface area (Å²) in [6, 6.07) is 13.8. The number of benzene rings is 2. The van der Waals surface area contributed by atoms with Crippen molar-refractivity contribution in [2.45, 2.75) is 13.8 Å². The fraction of sp³-hybridized carbons (Fsp3) is 0.368. The van der Waals surface area contributed by atoms with Crippen molar-refractivity contribution in [3.63, 3.8) is 0 Å². The van der Waals surface area contributed by atoms with Crippen molar-refractivity contribution in [2.24, 2.45) is 0 Å². The number of hydrogen-bond donors (Lipinski definition) is 0. The lowest BCUT2D eigenvalue weighted by Crippen LogP contribution is -2.12. The van der Waals surface area contributed by atoms with Crippen molar-refractivity contribution in [3.8, 4) is 17.2 Å². The first-order chi connectivity index (χ1) is 11.2. The topological polar surface area (TPSA) is 36.9 Å². The molecule has 0 saturated carbocycles. The zero-order valence-electron chi connectivity index (χ0n) is 14.0. The van der Waals surface area contributed by atoms with Crippen molar-refractivity contribution in [3.05, 3.63) is 53.6 Å². The van der Waals surface area contributed by atoms with E-state index in [0.717, 1.165) is 22.8 Å². The molecule has 0 fully saturated rings. The third-order valence-corrected chi connectivity index (χ3v) is 3.38. The Morgan fingerprint density at radius 2 is 1.39 bits per heavy atom. The molecule has 0 spiro atoms. The highest BCUT2D eigenvalue weighted by Gasteiger charge is 2.02. The Hall–Kier alpha value is -2.20. The molecule has 23 heavy (non-hydrogen) atoms. The largest absolute Gasteiger partial charge is 0.493 e. The van der Waals surface area contributed by atoms with Crippen LogP contribution in [0, 0.1) is 13.8 Å². The van der Waals surface area contributed by atoms with Gasteiger partial charge in [0.05, 0.1) is 20.3 Å². The van der Waals surface area contributed by atoms with E-state index in [0.29, 0.717) is 26.4 Å². The van der Waals surface area contributed by atoms with Crippen LogP contribution in [0.15, 0.2) is 42.5 Å². The third-order valence-electron chi connectivity index (χ3n) is 3.38. The fourth-order valence-electron chi connectivity index (χ4n) is 2.12. The maximum Gasteiger partial charge on any atom is 0.161 e. The molecule has 2 rings (SSSR count). The van der Waals surface area contributed by atoms with E-state index in [4.69, 9.17) is 18.9 Å². The molecule has 0 saturated heterocycles. The van der Waals surface area contributed by atoms with Crippen LogP contribution < -0.4 is 14.2 Å². The molecule has 4 nitrogen and oxygen atoms in total. The standard InChI is InChI=1S/C19H24O4/c1-15-8-9-16(2)19(14-15)23-13-11-21-10-12-22-18-7-5-4-6-17(18)20-3/h4-9,14H,10-13H2,1-3H3. The van der Waals surface area contributed by atoms with Crippen LogP contribution in [0.25, 0.3) is 0 Å². The van der Waals surface area contributed by atoms with Crippen LogP contribution in [-0.4, -0.2) is 33.5 Å². The Kier molecular flexibility index (Phi) is 6.76. The summed E-state index contributed by atoms with van der Waals surface area (Å²) in [4.78, 5) is 0. The number of methoxy groups -OCH3 is 1. The van der Waals surface area contributed by atoms with E-state index in [1.165, 1.54) is 5.56 Å². The summed E-state index contributed by atoms with van der Waals surface area (Å²) >= 11 is 0. The second kappa shape index (κ2) is 9.06. The van der Waals surface area contributed by atoms with Crippen LogP contribution in [0.3, 0.4) is 0 Å². The molecule has 0 aromatic heterocycles. The summed E-state index contributed by atoms with van der Waals surface area (Å²) in [7, 11) is 1.63. The predicted molar refractivity (Wildman–Crippen MR) is 90.7 cm³/mol. The Morgan fingerprint density at radius 1 is 0.739 bits per heavy atom. The summed E-state index contributed by atoms with van der Waals surface area (Å²) in [5.41, 5.74) is 2.33. The molecule has 0 N–H and O–H groups in total. The van der Waals surface area contributed by atoms with Crippen LogP contribution in [0.2, 0.25) is 0 Å². The Bertz CT molecular complexity index is 610. The second-order valence-electron chi connectivity index (χ2n) is 5.23. The number of ether oxygens (including phenoxy) is 4. The van der Waals surface area contributed by atoms with Gasteiger partial charge in [-0.2, -0.15) is 0 Å². The molecule has 0 unspecified atom stereocenters. The second-order valence-corrected chi connectivity index (χ2v) is 5.23. The highest BCUT2D eigenvalue weighted by molar-refractivity contribution is 5.39. The normalized spacial score (nSPS) is 10.4. The third kappa shape index (κ3) is 5.49. The minimum absolute atomic E-state index is 0.476. The number of hydrogen-bond acceptors (Lipinski definition) is 4. The Labute approximate surface area is 137 Å². The van der Waals surface area contributed by atoms with Gasteiger partial charge in [-0.05, 0) is 43.2 Å². The first-order valence-electron chi connectivity index (χ1n) is 7.74. The minimum atomic E-state index is 0.476. The summed E-state index contributed by atoms with van der Waals surface area (Å²) in [6.45, 7) is 6.13. The van der Waals surface area contributed by atoms with Crippen molar-refractivity contribution in [1.82, 2.24) is 0 Å². The van der Waals surface area contributed by atoms with Gasteiger partial charge in [-0.15, -0.1) is 0 Å². The lowest BCUT2D eigenvalue weighted by molar-refractivity contribution is 0.0755. The zero-order valence-corrected chi connectivity index (χ0v) is 14.0. The van der Waals surface area contributed by atoms with Crippen molar-refractivity contribution in [1.29, 1.82) is 0 Å². The van der Waals surface area contributed by atoms with E-state index in [1.807, 2.05) is 37.3 Å². The van der Waals surface area contributed by atoms with Crippen molar-refractivity contribution >= 4 is 0 Å². The van der Waals surface area contributed by atoms with E-state index < -0.39 is 0 Å². The molecular weight excluding hydrogens is 292 g/mol. The molecule has 4 heteroatoms. The van der Waals surface area contributed by atoms with Crippen LogP contribution in [-0.2, 0) is 4.74 Å². The minimum Gasteiger partial charge on any atom is -0.493 e. The monoisotopic (exact) mass is 316 g/mol. The van der Waals surface area contributed by atoms with Gasteiger partial charge in [-0.3, -0.25) is 0 Å². The Morgan fingerprint density at radius 3 is 2.09 bits per heavy atom. The van der Waals surface area contributed by atoms with E-state index in [9.17, 15) is 0 Å². The lowest BCUT2D eigenvalue weighted by Gasteiger charge is -2.12. The highest BCUT2D eigenvalue weighted by atomic mass is 16.6. The van der Waals surface area contributed by atoms with Crippen LogP contribution >= 0.6 is 0 Å². The van der Waals surface area contributed by atoms with Crippen LogP contribution in [0.1, 0.15) is 11.1 Å². The zero-order chi connectivity index (χ0) is 16.5. The molecule has 2 aromatic rings. The smallest absolute Gasteiger partial charge is 0.161 e. The van der Waals surface area contributed by atoms with Gasteiger partial charge in [0.15, 0.2) is 11.5 Å². The summed E-state index contributed by atoms with van der Waals surface area (Å²) in [5, 5.41) is 0. The van der Waals surface area contributed by atoms with Gasteiger partial charge in [-0.25, -0.2) is 0 Å². The van der Waals surface area contributed by atoms with Gasteiger partial charge in [0.2, 0.25) is 0 Å². The van der Waals surface area contributed by atoms with E-state index in [1.54, 1.807) is 7.11 Å². The first kappa shape index (κ1) is 17.2. The summed E-state index contributed by atoms with van der Waals surface area (Å²) < 4.78 is 22.1. The average molecular weight is 316 g/mol. The first-order valence-corrected chi connectivity index (χ1v) is 7.74. The van der Waals surface area contributed by atoms with E-state index >= 15 is 0 Å². The number of aryl methyl sites for hydroxylation is 2. The van der Waals surface area contributed by atoms with Gasteiger partial charge >= 0.3 is 0 Å². The summed E-state index contributed by atoms with van der Waals surface area (Å²) in [5.74, 6) is 2.37. The van der Waals surface area contributed by atoms with Gasteiger partial charge < -0.3 is 18.9 Å². The Balaban J connectivity index is 1.62. The maximum atomic E-state index is 5.73. The van der Waals surface area contributed by atoms with Crippen molar-refractivity contribution in [2.75, 3.05) is 33.5 Å². The lowest BCUT2D eigenvalue weighted by atomic mass is 10.1. The average Bonchev–Trinajstić information content (AvgIpc) is 2.57. The molecule has 0 aliphatic rings. The molecular formula is C19H24O4. The fourth-order valence-corrected chi connectivity index (χ4v) is 2.12. The molecule has 0 radical (unpaired) electrons. The molecule has 0 amide bonds. The van der Waals surface area contributed by atoms with E-state index in [2.05, 4.69) is 19.1 Å². The van der Waals surface area contributed by atoms with Gasteiger partial charge in [0.1, 0.15) is 19.0 Å². The van der Waals surface area contributed by atoms with E-state index in [-0.39, 0.29) is 0 Å². The summed E-state index contributed by atoms with van der Waals surface area (Å²) in [6.07, 6.45) is 0. The quantitative estimate of drug-likeness (QED) is 0.660. The van der Waals surface area contributed by atoms with Gasteiger partial charge in [0.25, 0.3) is 0 Å². The molecule has 0 atom stereocenters. The molecule has 124 valence electrons.